The van der Waals surface area contributed by atoms with Gasteiger partial charge in [0.05, 0.1) is 6.54 Å². The first-order chi connectivity index (χ1) is 20.4. The maximum Gasteiger partial charge on any atom is 0.408 e. The van der Waals surface area contributed by atoms with Crippen LogP contribution in [0.25, 0.3) is 11.1 Å². The Morgan fingerprint density at radius 1 is 0.976 bits per heavy atom. The van der Waals surface area contributed by atoms with Gasteiger partial charge in [-0.15, -0.1) is 0 Å². The second-order valence-corrected chi connectivity index (χ2v) is 10.6. The van der Waals surface area contributed by atoms with Crippen molar-refractivity contribution in [2.75, 3.05) is 19.7 Å². The molecule has 0 spiro atoms. The van der Waals surface area contributed by atoms with Crippen LogP contribution in [0.3, 0.4) is 0 Å². The van der Waals surface area contributed by atoms with E-state index in [0.717, 1.165) is 27.8 Å². The van der Waals surface area contributed by atoms with Gasteiger partial charge in [-0.25, -0.2) is 9.59 Å². The molecular weight excluding hydrogens is 536 g/mol. The molecular formula is C32H30N4O6. The Morgan fingerprint density at radius 2 is 1.64 bits per heavy atom. The lowest BCUT2D eigenvalue weighted by Crippen LogP contribution is -2.60. The quantitative estimate of drug-likeness (QED) is 0.275. The minimum atomic E-state index is -1.26. The van der Waals surface area contributed by atoms with Crippen molar-refractivity contribution in [2.24, 2.45) is 0 Å². The smallest absolute Gasteiger partial charge is 0.408 e. The molecule has 0 bridgehead atoms. The van der Waals surface area contributed by atoms with Crippen LogP contribution in [-0.2, 0) is 22.6 Å². The molecule has 3 N–H and O–H groups in total. The molecule has 0 saturated carbocycles. The minimum Gasteiger partial charge on any atom is -0.476 e. The van der Waals surface area contributed by atoms with Gasteiger partial charge in [-0.3, -0.25) is 9.69 Å². The number of alkyl carbamates (subject to hydrolysis) is 1. The van der Waals surface area contributed by atoms with Gasteiger partial charge in [0.15, 0.2) is 11.5 Å². The number of likely N-dealkylation sites (tertiary alicyclic amines) is 1. The van der Waals surface area contributed by atoms with Crippen LogP contribution in [0, 0.1) is 0 Å². The predicted octanol–water partition coefficient (Wildman–Crippen LogP) is 4.17. The third-order valence-corrected chi connectivity index (χ3v) is 7.92. The van der Waals surface area contributed by atoms with Crippen LogP contribution in [0.4, 0.5) is 4.79 Å². The molecule has 1 aliphatic heterocycles. The first-order valence-corrected chi connectivity index (χ1v) is 13.8. The number of benzene rings is 3. The molecule has 6 rings (SSSR count). The van der Waals surface area contributed by atoms with E-state index < -0.39 is 23.5 Å². The van der Waals surface area contributed by atoms with Crippen molar-refractivity contribution in [1.29, 1.82) is 0 Å². The third-order valence-electron chi connectivity index (χ3n) is 7.92. The lowest BCUT2D eigenvalue weighted by Gasteiger charge is -2.29. The van der Waals surface area contributed by atoms with E-state index in [4.69, 9.17) is 14.4 Å². The summed E-state index contributed by atoms with van der Waals surface area (Å²) >= 11 is 0. The molecule has 4 aromatic rings. The van der Waals surface area contributed by atoms with Gasteiger partial charge in [0.1, 0.15) is 12.1 Å². The second-order valence-electron chi connectivity index (χ2n) is 10.6. The van der Waals surface area contributed by atoms with E-state index in [1.807, 2.05) is 66.7 Å². The number of hydrogen-bond acceptors (Lipinski definition) is 7. The number of nitrogens with one attached hydrogen (secondary N) is 2. The van der Waals surface area contributed by atoms with Gasteiger partial charge in [-0.2, -0.15) is 0 Å². The average molecular weight is 567 g/mol. The molecule has 10 nitrogen and oxygen atoms in total. The number of ether oxygens (including phenoxy) is 1. The topological polar surface area (TPSA) is 134 Å². The van der Waals surface area contributed by atoms with Crippen molar-refractivity contribution in [3.63, 3.8) is 0 Å². The Kier molecular flexibility index (Phi) is 7.45. The number of amides is 2. The Balaban J connectivity index is 1.16. The van der Waals surface area contributed by atoms with Gasteiger partial charge < -0.3 is 25.0 Å². The molecule has 2 amide bonds. The molecule has 0 radical (unpaired) electrons. The number of fused-ring (bicyclic) bond motifs is 3. The lowest BCUT2D eigenvalue weighted by molar-refractivity contribution is -0.127. The average Bonchev–Trinajstić information content (AvgIpc) is 3.72. The molecule has 1 unspecified atom stereocenters. The maximum atomic E-state index is 13.6. The summed E-state index contributed by atoms with van der Waals surface area (Å²) in [6.45, 7) is 1.52. The van der Waals surface area contributed by atoms with Crippen LogP contribution in [0.2, 0.25) is 0 Å². The van der Waals surface area contributed by atoms with Crippen LogP contribution in [0.1, 0.15) is 45.3 Å². The standard InChI is InChI=1S/C32H30N4O6/c37-29(38)28-16-22(42-35-28)17-33-30(39)32(14-15-36(20-32)18-21-8-2-1-3-9-21)34-31(40)41-19-27-25-12-6-4-10-23(25)24-11-5-7-13-26(24)27/h1-13,16,27H,14-15,17-20H2,(H,33,39)(H,34,40)(H,37,38). The summed E-state index contributed by atoms with van der Waals surface area (Å²) in [5.74, 6) is -1.56. The van der Waals surface area contributed by atoms with Crippen molar-refractivity contribution in [1.82, 2.24) is 20.7 Å². The van der Waals surface area contributed by atoms with Gasteiger partial charge >= 0.3 is 12.1 Å². The van der Waals surface area contributed by atoms with Gasteiger partial charge in [-0.05, 0) is 34.2 Å². The predicted molar refractivity (Wildman–Crippen MR) is 153 cm³/mol. The molecule has 1 saturated heterocycles. The van der Waals surface area contributed by atoms with Gasteiger partial charge in [0.25, 0.3) is 0 Å². The Morgan fingerprint density at radius 3 is 2.31 bits per heavy atom. The number of hydrogen-bond donors (Lipinski definition) is 3. The summed E-state index contributed by atoms with van der Waals surface area (Å²) in [5, 5.41) is 18.3. The highest BCUT2D eigenvalue weighted by Gasteiger charge is 2.46. The Bertz CT molecular complexity index is 1570. The van der Waals surface area contributed by atoms with Crippen molar-refractivity contribution in [3.05, 3.63) is 113 Å². The van der Waals surface area contributed by atoms with Crippen LogP contribution in [-0.4, -0.2) is 58.4 Å². The fourth-order valence-corrected chi connectivity index (χ4v) is 5.87. The van der Waals surface area contributed by atoms with Crippen LogP contribution >= 0.6 is 0 Å². The zero-order valence-corrected chi connectivity index (χ0v) is 22.8. The van der Waals surface area contributed by atoms with Crippen molar-refractivity contribution >= 4 is 18.0 Å². The molecule has 214 valence electrons. The zero-order valence-electron chi connectivity index (χ0n) is 22.8. The molecule has 1 fully saturated rings. The number of carbonyl (C=O) groups excluding carboxylic acids is 2. The monoisotopic (exact) mass is 566 g/mol. The number of aromatic carboxylic acids is 1. The zero-order chi connectivity index (χ0) is 29.1. The molecule has 1 aliphatic carbocycles. The van der Waals surface area contributed by atoms with Gasteiger partial charge in [0.2, 0.25) is 5.91 Å². The molecule has 2 heterocycles. The number of nitrogens with zero attached hydrogens (tertiary/aromatic N) is 2. The van der Waals surface area contributed by atoms with E-state index in [1.54, 1.807) is 0 Å². The van der Waals surface area contributed by atoms with E-state index in [1.165, 1.54) is 6.07 Å². The van der Waals surface area contributed by atoms with Crippen LogP contribution < -0.4 is 10.6 Å². The van der Waals surface area contributed by atoms with Crippen LogP contribution in [0.15, 0.2) is 89.5 Å². The van der Waals surface area contributed by atoms with E-state index in [0.29, 0.717) is 19.5 Å². The molecule has 1 atom stereocenters. The maximum absolute atomic E-state index is 13.6. The van der Waals surface area contributed by atoms with E-state index in [-0.39, 0.29) is 37.1 Å². The first-order valence-electron chi connectivity index (χ1n) is 13.8. The minimum absolute atomic E-state index is 0.0775. The van der Waals surface area contributed by atoms with Crippen molar-refractivity contribution in [2.45, 2.75) is 31.0 Å². The third kappa shape index (κ3) is 5.48. The number of aromatic nitrogens is 1. The number of carboxylic acids is 1. The summed E-state index contributed by atoms with van der Waals surface area (Å²) in [5.41, 5.74) is 4.04. The highest BCUT2D eigenvalue weighted by atomic mass is 16.5. The summed E-state index contributed by atoms with van der Waals surface area (Å²) < 4.78 is 10.8. The fraction of sp³-hybridized carbons (Fsp3) is 0.250. The van der Waals surface area contributed by atoms with E-state index >= 15 is 0 Å². The Hall–Kier alpha value is -4.96. The molecule has 2 aliphatic rings. The summed E-state index contributed by atoms with van der Waals surface area (Å²) in [7, 11) is 0. The van der Waals surface area contributed by atoms with E-state index in [2.05, 4.69) is 32.8 Å². The highest BCUT2D eigenvalue weighted by molar-refractivity contribution is 5.91. The molecule has 1 aromatic heterocycles. The SMILES string of the molecule is O=C(NC1(C(=O)NCc2cc(C(=O)O)no2)CCN(Cc2ccccc2)C1)OCC1c2ccccc2-c2ccccc21. The van der Waals surface area contributed by atoms with Crippen LogP contribution in [0.5, 0.6) is 0 Å². The van der Waals surface area contributed by atoms with E-state index in [9.17, 15) is 14.4 Å². The lowest BCUT2D eigenvalue weighted by atomic mass is 9.97. The summed E-state index contributed by atoms with van der Waals surface area (Å²) in [6.07, 6.45) is -0.312. The Labute approximate surface area is 242 Å². The second kappa shape index (κ2) is 11.5. The summed E-state index contributed by atoms with van der Waals surface area (Å²) in [4.78, 5) is 40.1. The largest absolute Gasteiger partial charge is 0.476 e. The highest BCUT2D eigenvalue weighted by Crippen LogP contribution is 2.44. The normalized spacial score (nSPS) is 17.8. The van der Waals surface area contributed by atoms with Gasteiger partial charge in [-0.1, -0.05) is 84.0 Å². The molecule has 42 heavy (non-hydrogen) atoms. The van der Waals surface area contributed by atoms with Gasteiger partial charge in [0, 0.05) is 31.6 Å². The van der Waals surface area contributed by atoms with Crippen molar-refractivity contribution < 1.29 is 28.8 Å². The molecule has 10 heteroatoms. The van der Waals surface area contributed by atoms with Crippen molar-refractivity contribution in [3.8, 4) is 11.1 Å². The molecule has 3 aromatic carbocycles. The first kappa shape index (κ1) is 27.2. The number of carbonyl (C=O) groups is 3. The summed E-state index contributed by atoms with van der Waals surface area (Å²) in [6, 6.07) is 27.3. The number of carboxylic acid groups (broad SMARTS) is 1. The fourth-order valence-electron chi connectivity index (χ4n) is 5.87. The number of rotatable bonds is 9.